The minimum absolute atomic E-state index is 0.0551. The van der Waals surface area contributed by atoms with Gasteiger partial charge in [0.25, 0.3) is 0 Å². The summed E-state index contributed by atoms with van der Waals surface area (Å²) in [5, 5.41) is 0. The third kappa shape index (κ3) is 3.24. The van der Waals surface area contributed by atoms with E-state index in [4.69, 9.17) is 12.2 Å². The van der Waals surface area contributed by atoms with Crippen molar-refractivity contribution in [3.05, 3.63) is 48.8 Å². The largest absolute Gasteiger partial charge is 0.343 e. The van der Waals surface area contributed by atoms with Gasteiger partial charge in [-0.2, -0.15) is 6.42 Å². The fourth-order valence-corrected chi connectivity index (χ4v) is 1.92. The Morgan fingerprint density at radius 3 is 2.74 bits per heavy atom. The number of terminal acetylenes is 1. The summed E-state index contributed by atoms with van der Waals surface area (Å²) in [5.41, 5.74) is 8.96. The molecule has 98 valence electrons. The van der Waals surface area contributed by atoms with Crippen molar-refractivity contribution < 1.29 is 0 Å². The van der Waals surface area contributed by atoms with Crippen LogP contribution in [0.5, 0.6) is 0 Å². The van der Waals surface area contributed by atoms with Crippen LogP contribution in [0.4, 0.5) is 0 Å². The number of imidazole rings is 1. The SMILES string of the molecule is C#Cc1ccc(-c2cnc(C(N)CCC[CH2-])[nH]2)cc1. The van der Waals surface area contributed by atoms with Crippen LogP contribution in [-0.2, 0) is 0 Å². The zero-order valence-corrected chi connectivity index (χ0v) is 10.9. The first-order valence-corrected chi connectivity index (χ1v) is 6.41. The molecule has 1 atom stereocenters. The van der Waals surface area contributed by atoms with Crippen LogP contribution in [0.25, 0.3) is 11.3 Å². The second-order valence-corrected chi connectivity index (χ2v) is 4.51. The summed E-state index contributed by atoms with van der Waals surface area (Å²) in [7, 11) is 0. The fraction of sp³-hybridized carbons (Fsp3) is 0.250. The number of nitrogens with zero attached hydrogens (tertiary/aromatic N) is 1. The molecule has 0 saturated carbocycles. The van der Waals surface area contributed by atoms with Gasteiger partial charge in [0, 0.05) is 5.56 Å². The number of aromatic amines is 1. The molecule has 0 spiro atoms. The lowest BCUT2D eigenvalue weighted by Gasteiger charge is -2.08. The molecule has 1 unspecified atom stereocenters. The molecule has 2 aromatic rings. The average molecular weight is 252 g/mol. The summed E-state index contributed by atoms with van der Waals surface area (Å²) >= 11 is 0. The summed E-state index contributed by atoms with van der Waals surface area (Å²) in [4.78, 5) is 7.61. The minimum Gasteiger partial charge on any atom is -0.343 e. The van der Waals surface area contributed by atoms with Gasteiger partial charge in [0.05, 0.1) is 17.9 Å². The predicted molar refractivity (Wildman–Crippen MR) is 78.1 cm³/mol. The number of aromatic nitrogens is 2. The molecular formula is C16H18N3-. The number of hydrogen-bond donors (Lipinski definition) is 2. The molecule has 0 bridgehead atoms. The summed E-state index contributed by atoms with van der Waals surface area (Å²) in [6.07, 6.45) is 9.95. The molecular weight excluding hydrogens is 234 g/mol. The van der Waals surface area contributed by atoms with Crippen molar-refractivity contribution in [1.82, 2.24) is 9.97 Å². The molecule has 1 heterocycles. The maximum Gasteiger partial charge on any atom is 0.123 e. The van der Waals surface area contributed by atoms with Gasteiger partial charge in [-0.3, -0.25) is 0 Å². The molecule has 0 saturated heterocycles. The monoisotopic (exact) mass is 252 g/mol. The Morgan fingerprint density at radius 2 is 2.11 bits per heavy atom. The Morgan fingerprint density at radius 1 is 1.37 bits per heavy atom. The Hall–Kier alpha value is -2.05. The molecule has 0 fully saturated rings. The zero-order valence-electron chi connectivity index (χ0n) is 10.9. The number of hydrogen-bond acceptors (Lipinski definition) is 2. The van der Waals surface area contributed by atoms with Crippen molar-refractivity contribution in [3.8, 4) is 23.6 Å². The summed E-state index contributed by atoms with van der Waals surface area (Å²) < 4.78 is 0. The number of nitrogens with one attached hydrogen (secondary N) is 1. The van der Waals surface area contributed by atoms with Crippen LogP contribution >= 0.6 is 0 Å². The highest BCUT2D eigenvalue weighted by Gasteiger charge is 2.10. The first kappa shape index (κ1) is 13.4. The van der Waals surface area contributed by atoms with Crippen LogP contribution in [0.1, 0.15) is 36.7 Å². The van der Waals surface area contributed by atoms with Crippen LogP contribution in [-0.4, -0.2) is 9.97 Å². The summed E-state index contributed by atoms with van der Waals surface area (Å²) in [6.45, 7) is 3.82. The van der Waals surface area contributed by atoms with Gasteiger partial charge in [0.2, 0.25) is 0 Å². The van der Waals surface area contributed by atoms with E-state index in [0.29, 0.717) is 0 Å². The Balaban J connectivity index is 2.13. The molecule has 3 N–H and O–H groups in total. The molecule has 0 amide bonds. The van der Waals surface area contributed by atoms with E-state index in [2.05, 4.69) is 22.8 Å². The highest BCUT2D eigenvalue weighted by atomic mass is 15.0. The molecule has 0 radical (unpaired) electrons. The standard InChI is InChI=1S/C16H18N3/c1-3-5-6-14(17)16-18-11-15(19-16)13-9-7-12(4-2)8-10-13/h2,7-11,14H,1,3,5-6,17H2,(H,18,19)/q-1. The first-order valence-electron chi connectivity index (χ1n) is 6.41. The second kappa shape index (κ2) is 6.21. The molecule has 1 aromatic heterocycles. The van der Waals surface area contributed by atoms with Gasteiger partial charge in [-0.15, -0.1) is 6.42 Å². The Bertz CT molecular complexity index is 560. The smallest absolute Gasteiger partial charge is 0.123 e. The van der Waals surface area contributed by atoms with E-state index < -0.39 is 0 Å². The topological polar surface area (TPSA) is 54.7 Å². The molecule has 3 nitrogen and oxygen atoms in total. The Kier molecular flexibility index (Phi) is 4.38. The van der Waals surface area contributed by atoms with Crippen LogP contribution in [0.15, 0.2) is 30.5 Å². The molecule has 0 aliphatic carbocycles. The molecule has 0 aliphatic heterocycles. The van der Waals surface area contributed by atoms with Gasteiger partial charge in [0.1, 0.15) is 5.82 Å². The lowest BCUT2D eigenvalue weighted by molar-refractivity contribution is 0.590. The summed E-state index contributed by atoms with van der Waals surface area (Å²) in [6, 6.07) is 7.74. The first-order chi connectivity index (χ1) is 9.24. The van der Waals surface area contributed by atoms with Crippen LogP contribution in [0, 0.1) is 19.3 Å². The van der Waals surface area contributed by atoms with E-state index in [0.717, 1.165) is 41.9 Å². The van der Waals surface area contributed by atoms with Gasteiger partial charge in [-0.05, 0) is 24.1 Å². The number of unbranched alkanes of at least 4 members (excludes halogenated alkanes) is 1. The third-order valence-electron chi connectivity index (χ3n) is 3.07. The van der Waals surface area contributed by atoms with Crippen LogP contribution in [0.3, 0.4) is 0 Å². The van der Waals surface area contributed by atoms with E-state index in [1.54, 1.807) is 0 Å². The van der Waals surface area contributed by atoms with Crippen molar-refractivity contribution >= 4 is 0 Å². The minimum atomic E-state index is -0.0551. The molecule has 2 rings (SSSR count). The van der Waals surface area contributed by atoms with Crippen molar-refractivity contribution in [3.63, 3.8) is 0 Å². The van der Waals surface area contributed by atoms with Gasteiger partial charge in [0.15, 0.2) is 0 Å². The zero-order chi connectivity index (χ0) is 13.7. The maximum absolute atomic E-state index is 6.07. The van der Waals surface area contributed by atoms with Crippen molar-refractivity contribution in [2.75, 3.05) is 0 Å². The molecule has 3 heteroatoms. The number of H-pyrrole nitrogens is 1. The highest BCUT2D eigenvalue weighted by Crippen LogP contribution is 2.20. The molecule has 1 aromatic carbocycles. The van der Waals surface area contributed by atoms with Gasteiger partial charge >= 0.3 is 0 Å². The van der Waals surface area contributed by atoms with Crippen LogP contribution < -0.4 is 5.73 Å². The van der Waals surface area contributed by atoms with Crippen molar-refractivity contribution in [2.24, 2.45) is 5.73 Å². The normalized spacial score (nSPS) is 12.1. The molecule has 0 aliphatic rings. The number of rotatable bonds is 5. The Labute approximate surface area is 114 Å². The number of benzene rings is 1. The van der Waals surface area contributed by atoms with Crippen molar-refractivity contribution in [1.29, 1.82) is 0 Å². The third-order valence-corrected chi connectivity index (χ3v) is 3.07. The van der Waals surface area contributed by atoms with E-state index in [1.807, 2.05) is 30.5 Å². The molecule has 19 heavy (non-hydrogen) atoms. The van der Waals surface area contributed by atoms with E-state index >= 15 is 0 Å². The number of nitrogens with two attached hydrogens (primary N) is 1. The second-order valence-electron chi connectivity index (χ2n) is 4.51. The fourth-order valence-electron chi connectivity index (χ4n) is 1.92. The highest BCUT2D eigenvalue weighted by molar-refractivity contribution is 5.59. The van der Waals surface area contributed by atoms with E-state index in [1.165, 1.54) is 0 Å². The van der Waals surface area contributed by atoms with E-state index in [-0.39, 0.29) is 6.04 Å². The predicted octanol–water partition coefficient (Wildman–Crippen LogP) is 3.06. The van der Waals surface area contributed by atoms with E-state index in [9.17, 15) is 0 Å². The summed E-state index contributed by atoms with van der Waals surface area (Å²) in [5.74, 6) is 3.42. The van der Waals surface area contributed by atoms with Crippen molar-refractivity contribution in [2.45, 2.75) is 25.3 Å². The maximum atomic E-state index is 6.07. The van der Waals surface area contributed by atoms with Gasteiger partial charge in [-0.1, -0.05) is 24.5 Å². The van der Waals surface area contributed by atoms with Crippen LogP contribution in [0.2, 0.25) is 0 Å². The quantitative estimate of drug-likeness (QED) is 0.634. The van der Waals surface area contributed by atoms with Gasteiger partial charge in [-0.25, -0.2) is 4.98 Å². The van der Waals surface area contributed by atoms with Gasteiger partial charge < -0.3 is 17.6 Å². The lowest BCUT2D eigenvalue weighted by Crippen LogP contribution is -2.11. The average Bonchev–Trinajstić information content (AvgIpc) is 2.94. The lowest BCUT2D eigenvalue weighted by atomic mass is 10.1.